The van der Waals surface area contributed by atoms with Crippen LogP contribution < -0.4 is 14.2 Å². The molecule has 2 aliphatic rings. The van der Waals surface area contributed by atoms with Crippen LogP contribution in [-0.2, 0) is 14.3 Å². The van der Waals surface area contributed by atoms with E-state index in [1.54, 1.807) is 19.2 Å². The van der Waals surface area contributed by atoms with Crippen molar-refractivity contribution >= 4 is 11.9 Å². The number of ether oxygens (including phenoxy) is 4. The van der Waals surface area contributed by atoms with Crippen LogP contribution in [0.2, 0.25) is 0 Å². The van der Waals surface area contributed by atoms with Crippen molar-refractivity contribution in [3.8, 4) is 17.2 Å². The average molecular weight is 376 g/mol. The van der Waals surface area contributed by atoms with Gasteiger partial charge in [-0.05, 0) is 13.8 Å². The summed E-state index contributed by atoms with van der Waals surface area (Å²) in [4.78, 5) is 25.0. The molecular formula is C19H24N2O6. The molecule has 2 aliphatic heterocycles. The minimum absolute atomic E-state index is 0.0876. The number of hydrazine groups is 1. The molecule has 1 unspecified atom stereocenters. The maximum atomic E-state index is 12.5. The molecule has 0 N–H and O–H groups in total. The van der Waals surface area contributed by atoms with Gasteiger partial charge in [0.2, 0.25) is 5.91 Å². The zero-order chi connectivity index (χ0) is 19.9. The van der Waals surface area contributed by atoms with Gasteiger partial charge in [0.25, 0.3) is 0 Å². The fraction of sp³-hybridized carbons (Fsp3) is 0.474. The van der Waals surface area contributed by atoms with Crippen molar-refractivity contribution in [1.82, 2.24) is 10.0 Å². The monoisotopic (exact) mass is 376 g/mol. The van der Waals surface area contributed by atoms with Gasteiger partial charge >= 0.3 is 5.97 Å². The first-order valence-corrected chi connectivity index (χ1v) is 8.50. The summed E-state index contributed by atoms with van der Waals surface area (Å²) in [6.07, 6.45) is 1.87. The Morgan fingerprint density at radius 3 is 2.15 bits per heavy atom. The van der Waals surface area contributed by atoms with Gasteiger partial charge in [-0.1, -0.05) is 0 Å². The van der Waals surface area contributed by atoms with E-state index in [1.165, 1.54) is 32.5 Å². The standard InChI is InChI=1S/C19H24N2O6/c1-19(2)9-15(22)20-10-12(18(23)27-6)17(21(19)20)16-13(25-4)7-11(24-3)8-14(16)26-5/h7-8,10,17H,9H2,1-6H3. The van der Waals surface area contributed by atoms with Gasteiger partial charge in [0.05, 0.1) is 45.6 Å². The van der Waals surface area contributed by atoms with Crippen LogP contribution in [0.5, 0.6) is 17.2 Å². The quantitative estimate of drug-likeness (QED) is 0.728. The molecule has 1 atom stereocenters. The summed E-state index contributed by atoms with van der Waals surface area (Å²) in [7, 11) is 5.93. The number of rotatable bonds is 5. The van der Waals surface area contributed by atoms with Gasteiger partial charge in [-0.2, -0.15) is 5.01 Å². The highest BCUT2D eigenvalue weighted by Crippen LogP contribution is 2.51. The zero-order valence-electron chi connectivity index (χ0n) is 16.4. The molecule has 0 aliphatic carbocycles. The molecule has 146 valence electrons. The first kappa shape index (κ1) is 19.0. The lowest BCUT2D eigenvalue weighted by Gasteiger charge is -2.37. The van der Waals surface area contributed by atoms with Crippen molar-refractivity contribution in [3.63, 3.8) is 0 Å². The molecule has 1 aromatic carbocycles. The fourth-order valence-electron chi connectivity index (χ4n) is 3.75. The van der Waals surface area contributed by atoms with Crippen LogP contribution in [0.25, 0.3) is 0 Å². The second kappa shape index (κ2) is 6.77. The molecule has 0 radical (unpaired) electrons. The molecule has 0 aromatic heterocycles. The van der Waals surface area contributed by atoms with Crippen LogP contribution >= 0.6 is 0 Å². The number of esters is 1. The second-order valence-electron chi connectivity index (χ2n) is 7.00. The molecule has 0 spiro atoms. The van der Waals surface area contributed by atoms with Crippen molar-refractivity contribution in [2.75, 3.05) is 28.4 Å². The third-order valence-electron chi connectivity index (χ3n) is 4.94. The zero-order valence-corrected chi connectivity index (χ0v) is 16.4. The summed E-state index contributed by atoms with van der Waals surface area (Å²) in [5, 5.41) is 3.36. The van der Waals surface area contributed by atoms with Gasteiger partial charge in [0, 0.05) is 30.3 Å². The Bertz CT molecular complexity index is 791. The second-order valence-corrected chi connectivity index (χ2v) is 7.00. The highest BCUT2D eigenvalue weighted by atomic mass is 16.5. The average Bonchev–Trinajstić information content (AvgIpc) is 3.16. The van der Waals surface area contributed by atoms with Crippen LogP contribution in [0.3, 0.4) is 0 Å². The van der Waals surface area contributed by atoms with Crippen LogP contribution in [0.15, 0.2) is 23.9 Å². The molecule has 0 bridgehead atoms. The van der Waals surface area contributed by atoms with E-state index >= 15 is 0 Å². The third kappa shape index (κ3) is 2.90. The summed E-state index contributed by atoms with van der Waals surface area (Å²) in [6, 6.07) is 2.84. The lowest BCUT2D eigenvalue weighted by Crippen LogP contribution is -2.44. The SMILES string of the molecule is COC(=O)C1=CN2C(=O)CC(C)(C)N2C1c1c(OC)cc(OC)cc1OC. The normalized spacial score (nSPS) is 21.0. The van der Waals surface area contributed by atoms with Gasteiger partial charge in [-0.25, -0.2) is 9.80 Å². The molecule has 1 amide bonds. The number of carbonyl (C=O) groups excluding carboxylic acids is 2. The van der Waals surface area contributed by atoms with E-state index in [-0.39, 0.29) is 5.91 Å². The summed E-state index contributed by atoms with van der Waals surface area (Å²) in [6.45, 7) is 3.91. The Morgan fingerprint density at radius 1 is 1.07 bits per heavy atom. The van der Waals surface area contributed by atoms with Crippen molar-refractivity contribution in [2.24, 2.45) is 0 Å². The first-order chi connectivity index (χ1) is 12.8. The van der Waals surface area contributed by atoms with Gasteiger partial charge in [0.15, 0.2) is 0 Å². The highest BCUT2D eigenvalue weighted by molar-refractivity contribution is 5.93. The predicted octanol–water partition coefficient (Wildman–Crippen LogP) is 2.05. The molecule has 8 heteroatoms. The smallest absolute Gasteiger partial charge is 0.337 e. The molecule has 1 saturated heterocycles. The Balaban J connectivity index is 2.25. The molecule has 3 rings (SSSR count). The molecule has 0 saturated carbocycles. The van der Waals surface area contributed by atoms with Gasteiger partial charge in [-0.3, -0.25) is 4.79 Å². The molecular weight excluding hydrogens is 352 g/mol. The third-order valence-corrected chi connectivity index (χ3v) is 4.94. The fourth-order valence-corrected chi connectivity index (χ4v) is 3.75. The number of amides is 1. The van der Waals surface area contributed by atoms with Crippen molar-refractivity contribution in [2.45, 2.75) is 31.8 Å². The Labute approximate surface area is 158 Å². The summed E-state index contributed by atoms with van der Waals surface area (Å²) < 4.78 is 21.4. The van der Waals surface area contributed by atoms with Crippen LogP contribution in [0.4, 0.5) is 0 Å². The van der Waals surface area contributed by atoms with Gasteiger partial charge in [-0.15, -0.1) is 0 Å². The number of benzene rings is 1. The minimum atomic E-state index is -0.602. The highest BCUT2D eigenvalue weighted by Gasteiger charge is 2.54. The van der Waals surface area contributed by atoms with E-state index in [4.69, 9.17) is 18.9 Å². The van der Waals surface area contributed by atoms with Crippen LogP contribution in [0, 0.1) is 0 Å². The summed E-state index contributed by atoms with van der Waals surface area (Å²) in [5.74, 6) is 0.932. The number of fused-ring (bicyclic) bond motifs is 1. The maximum absolute atomic E-state index is 12.5. The van der Waals surface area contributed by atoms with Crippen molar-refractivity contribution in [1.29, 1.82) is 0 Å². The van der Waals surface area contributed by atoms with E-state index in [0.29, 0.717) is 34.8 Å². The lowest BCUT2D eigenvalue weighted by molar-refractivity contribution is -0.138. The van der Waals surface area contributed by atoms with E-state index in [9.17, 15) is 9.59 Å². The Hall–Kier alpha value is -2.74. The van der Waals surface area contributed by atoms with Gasteiger partial charge < -0.3 is 18.9 Å². The topological polar surface area (TPSA) is 77.5 Å². The number of carbonyl (C=O) groups is 2. The molecule has 1 aromatic rings. The van der Waals surface area contributed by atoms with E-state index < -0.39 is 17.6 Å². The van der Waals surface area contributed by atoms with Gasteiger partial charge in [0.1, 0.15) is 17.2 Å². The van der Waals surface area contributed by atoms with E-state index in [1.807, 2.05) is 18.9 Å². The predicted molar refractivity (Wildman–Crippen MR) is 96.3 cm³/mol. The number of hydrogen-bond acceptors (Lipinski definition) is 7. The number of nitrogens with zero attached hydrogens (tertiary/aromatic N) is 2. The molecule has 8 nitrogen and oxygen atoms in total. The lowest BCUT2D eigenvalue weighted by atomic mass is 9.92. The molecule has 27 heavy (non-hydrogen) atoms. The first-order valence-electron chi connectivity index (χ1n) is 8.50. The Morgan fingerprint density at radius 2 is 1.67 bits per heavy atom. The van der Waals surface area contributed by atoms with Crippen LogP contribution in [-0.4, -0.2) is 55.9 Å². The van der Waals surface area contributed by atoms with E-state index in [2.05, 4.69) is 0 Å². The summed E-state index contributed by atoms with van der Waals surface area (Å²) in [5.41, 5.74) is 0.451. The van der Waals surface area contributed by atoms with Crippen molar-refractivity contribution in [3.05, 3.63) is 29.5 Å². The number of hydrogen-bond donors (Lipinski definition) is 0. The Kier molecular flexibility index (Phi) is 4.77. The molecule has 2 heterocycles. The minimum Gasteiger partial charge on any atom is -0.496 e. The van der Waals surface area contributed by atoms with Crippen LogP contribution in [0.1, 0.15) is 31.9 Å². The van der Waals surface area contributed by atoms with Crippen molar-refractivity contribution < 1.29 is 28.5 Å². The number of methoxy groups -OCH3 is 4. The molecule has 1 fully saturated rings. The maximum Gasteiger partial charge on any atom is 0.337 e. The van der Waals surface area contributed by atoms with E-state index in [0.717, 1.165) is 0 Å². The largest absolute Gasteiger partial charge is 0.496 e. The summed E-state index contributed by atoms with van der Waals surface area (Å²) >= 11 is 0.